The van der Waals surface area contributed by atoms with Crippen molar-refractivity contribution in [1.82, 2.24) is 9.97 Å². The molecule has 14 heavy (non-hydrogen) atoms. The maximum atomic E-state index is 4.49. The number of hydrogen-bond acceptors (Lipinski definition) is 2. The van der Waals surface area contributed by atoms with Crippen molar-refractivity contribution in [3.8, 4) is 0 Å². The first-order chi connectivity index (χ1) is 6.36. The molecular formula is C12H18N2. The lowest BCUT2D eigenvalue weighted by molar-refractivity contribution is 0.561. The van der Waals surface area contributed by atoms with E-state index in [-0.39, 0.29) is 5.41 Å². The van der Waals surface area contributed by atoms with E-state index in [0.717, 1.165) is 22.8 Å². The topological polar surface area (TPSA) is 25.8 Å². The van der Waals surface area contributed by atoms with Crippen molar-refractivity contribution < 1.29 is 0 Å². The second-order valence-electron chi connectivity index (χ2n) is 4.57. The van der Waals surface area contributed by atoms with Crippen LogP contribution < -0.4 is 0 Å². The van der Waals surface area contributed by atoms with Crippen molar-refractivity contribution in [2.45, 2.75) is 40.0 Å². The summed E-state index contributed by atoms with van der Waals surface area (Å²) in [6.45, 7) is 14.2. The predicted molar refractivity (Wildman–Crippen MR) is 60.3 cm³/mol. The number of rotatable bonds is 1. The molecule has 1 heterocycles. The Balaban J connectivity index is 3.48. The van der Waals surface area contributed by atoms with Gasteiger partial charge in [0.2, 0.25) is 0 Å². The SMILES string of the molecule is C=Cc1c(C)nc(C)nc1C(C)(C)C. The van der Waals surface area contributed by atoms with Gasteiger partial charge in [-0.15, -0.1) is 0 Å². The molecule has 0 fully saturated rings. The van der Waals surface area contributed by atoms with E-state index in [9.17, 15) is 0 Å². The number of hydrogen-bond donors (Lipinski definition) is 0. The monoisotopic (exact) mass is 190 g/mol. The molecule has 76 valence electrons. The molecule has 0 radical (unpaired) electrons. The van der Waals surface area contributed by atoms with E-state index in [1.54, 1.807) is 0 Å². The predicted octanol–water partition coefficient (Wildman–Crippen LogP) is 3.03. The Morgan fingerprint density at radius 1 is 1.14 bits per heavy atom. The van der Waals surface area contributed by atoms with Gasteiger partial charge in [-0.2, -0.15) is 0 Å². The summed E-state index contributed by atoms with van der Waals surface area (Å²) >= 11 is 0. The standard InChI is InChI=1S/C12H18N2/c1-7-10-8(2)13-9(3)14-11(10)12(4,5)6/h7H,1H2,2-6H3. The third-order valence-corrected chi connectivity index (χ3v) is 2.16. The largest absolute Gasteiger partial charge is 0.238 e. The molecule has 2 nitrogen and oxygen atoms in total. The van der Waals surface area contributed by atoms with Gasteiger partial charge in [0.25, 0.3) is 0 Å². The Morgan fingerprint density at radius 2 is 1.71 bits per heavy atom. The van der Waals surface area contributed by atoms with Crippen LogP contribution >= 0.6 is 0 Å². The summed E-state index contributed by atoms with van der Waals surface area (Å²) in [6, 6.07) is 0. The fourth-order valence-corrected chi connectivity index (χ4v) is 1.54. The zero-order valence-corrected chi connectivity index (χ0v) is 9.68. The molecule has 0 amide bonds. The quantitative estimate of drug-likeness (QED) is 0.680. The summed E-state index contributed by atoms with van der Waals surface area (Å²) in [4.78, 5) is 8.83. The van der Waals surface area contributed by atoms with Crippen LogP contribution in [0.15, 0.2) is 6.58 Å². The lowest BCUT2D eigenvalue weighted by atomic mass is 9.88. The molecule has 0 aliphatic rings. The normalized spacial score (nSPS) is 11.5. The first-order valence-corrected chi connectivity index (χ1v) is 4.84. The van der Waals surface area contributed by atoms with Crippen LogP contribution in [0.1, 0.15) is 43.5 Å². The molecule has 1 aromatic heterocycles. The minimum atomic E-state index is 0.0436. The van der Waals surface area contributed by atoms with Gasteiger partial charge in [0.1, 0.15) is 5.82 Å². The van der Waals surface area contributed by atoms with Crippen LogP contribution in [0.2, 0.25) is 0 Å². The Labute approximate surface area is 86.1 Å². The van der Waals surface area contributed by atoms with Crippen molar-refractivity contribution >= 4 is 6.08 Å². The highest BCUT2D eigenvalue weighted by Crippen LogP contribution is 2.26. The molecule has 0 bridgehead atoms. The lowest BCUT2D eigenvalue weighted by Crippen LogP contribution is -2.18. The van der Waals surface area contributed by atoms with E-state index < -0.39 is 0 Å². The summed E-state index contributed by atoms with van der Waals surface area (Å²) in [5.41, 5.74) is 3.21. The maximum absolute atomic E-state index is 4.49. The third kappa shape index (κ3) is 2.00. The van der Waals surface area contributed by atoms with Gasteiger partial charge >= 0.3 is 0 Å². The fraction of sp³-hybridized carbons (Fsp3) is 0.500. The van der Waals surface area contributed by atoms with Crippen molar-refractivity contribution in [3.05, 3.63) is 29.4 Å². The molecule has 0 aromatic carbocycles. The Kier molecular flexibility index (Phi) is 2.74. The minimum absolute atomic E-state index is 0.0436. The smallest absolute Gasteiger partial charge is 0.125 e. The highest BCUT2D eigenvalue weighted by Gasteiger charge is 2.20. The molecule has 0 aliphatic heterocycles. The molecule has 0 atom stereocenters. The highest BCUT2D eigenvalue weighted by atomic mass is 14.9. The van der Waals surface area contributed by atoms with Crippen LogP contribution in [-0.2, 0) is 5.41 Å². The van der Waals surface area contributed by atoms with Gasteiger partial charge in [-0.1, -0.05) is 33.4 Å². The molecule has 0 saturated carbocycles. The Hall–Kier alpha value is -1.18. The molecule has 0 spiro atoms. The van der Waals surface area contributed by atoms with Crippen molar-refractivity contribution in [3.63, 3.8) is 0 Å². The van der Waals surface area contributed by atoms with Gasteiger partial charge in [-0.3, -0.25) is 0 Å². The van der Waals surface area contributed by atoms with Gasteiger partial charge in [-0.05, 0) is 13.8 Å². The molecular weight excluding hydrogens is 172 g/mol. The molecule has 0 aliphatic carbocycles. The van der Waals surface area contributed by atoms with Crippen molar-refractivity contribution in [2.75, 3.05) is 0 Å². The van der Waals surface area contributed by atoms with Crippen molar-refractivity contribution in [1.29, 1.82) is 0 Å². The summed E-state index contributed by atoms with van der Waals surface area (Å²) < 4.78 is 0. The fourth-order valence-electron chi connectivity index (χ4n) is 1.54. The van der Waals surface area contributed by atoms with Gasteiger partial charge in [0, 0.05) is 16.7 Å². The zero-order chi connectivity index (χ0) is 10.9. The van der Waals surface area contributed by atoms with Gasteiger partial charge in [0.15, 0.2) is 0 Å². The minimum Gasteiger partial charge on any atom is -0.238 e. The zero-order valence-electron chi connectivity index (χ0n) is 9.68. The molecule has 1 aromatic rings. The average molecular weight is 190 g/mol. The molecule has 2 heteroatoms. The maximum Gasteiger partial charge on any atom is 0.125 e. The third-order valence-electron chi connectivity index (χ3n) is 2.16. The lowest BCUT2D eigenvalue weighted by Gasteiger charge is -2.21. The van der Waals surface area contributed by atoms with Crippen LogP contribution in [0.25, 0.3) is 6.08 Å². The van der Waals surface area contributed by atoms with E-state index >= 15 is 0 Å². The summed E-state index contributed by atoms with van der Waals surface area (Å²) in [5, 5.41) is 0. The van der Waals surface area contributed by atoms with E-state index in [1.807, 2.05) is 19.9 Å². The Bertz CT molecular complexity index is 359. The van der Waals surface area contributed by atoms with Gasteiger partial charge in [-0.25, -0.2) is 9.97 Å². The van der Waals surface area contributed by atoms with E-state index in [0.29, 0.717) is 0 Å². The summed E-state index contributed by atoms with van der Waals surface area (Å²) in [6.07, 6.45) is 1.84. The first-order valence-electron chi connectivity index (χ1n) is 4.84. The highest BCUT2D eigenvalue weighted by molar-refractivity contribution is 5.54. The van der Waals surface area contributed by atoms with Gasteiger partial charge in [0.05, 0.1) is 5.69 Å². The van der Waals surface area contributed by atoms with E-state index in [2.05, 4.69) is 37.3 Å². The number of aryl methyl sites for hydroxylation is 2. The number of nitrogens with zero attached hydrogens (tertiary/aromatic N) is 2. The second-order valence-corrected chi connectivity index (χ2v) is 4.57. The Morgan fingerprint density at radius 3 is 2.14 bits per heavy atom. The second kappa shape index (κ2) is 3.52. The van der Waals surface area contributed by atoms with Crippen molar-refractivity contribution in [2.24, 2.45) is 0 Å². The van der Waals surface area contributed by atoms with E-state index in [4.69, 9.17) is 0 Å². The molecule has 1 rings (SSSR count). The van der Waals surface area contributed by atoms with Crippen LogP contribution in [0.4, 0.5) is 0 Å². The molecule has 0 N–H and O–H groups in total. The van der Waals surface area contributed by atoms with E-state index in [1.165, 1.54) is 0 Å². The summed E-state index contributed by atoms with van der Waals surface area (Å²) in [5.74, 6) is 0.832. The average Bonchev–Trinajstić information content (AvgIpc) is 2.01. The van der Waals surface area contributed by atoms with Crippen LogP contribution in [0.3, 0.4) is 0 Å². The molecule has 0 saturated heterocycles. The number of aromatic nitrogens is 2. The van der Waals surface area contributed by atoms with Gasteiger partial charge < -0.3 is 0 Å². The van der Waals surface area contributed by atoms with Crippen LogP contribution in [0.5, 0.6) is 0 Å². The first kappa shape index (κ1) is 10.9. The van der Waals surface area contributed by atoms with Crippen LogP contribution in [-0.4, -0.2) is 9.97 Å². The summed E-state index contributed by atoms with van der Waals surface area (Å²) in [7, 11) is 0. The molecule has 0 unspecified atom stereocenters. The van der Waals surface area contributed by atoms with Crippen LogP contribution in [0, 0.1) is 13.8 Å².